The van der Waals surface area contributed by atoms with Crippen molar-refractivity contribution in [1.29, 1.82) is 0 Å². The lowest BCUT2D eigenvalue weighted by molar-refractivity contribution is -0.143. The van der Waals surface area contributed by atoms with Crippen molar-refractivity contribution in [2.45, 2.75) is 12.5 Å². The average Bonchev–Trinajstić information content (AvgIpc) is 2.79. The molecule has 2 heterocycles. The van der Waals surface area contributed by atoms with Crippen LogP contribution in [0.5, 0.6) is 5.75 Å². The molecule has 1 unspecified atom stereocenters. The second-order valence-electron chi connectivity index (χ2n) is 4.12. The van der Waals surface area contributed by atoms with E-state index in [1.807, 2.05) is 12.1 Å². The lowest BCUT2D eigenvalue weighted by atomic mass is 10.1. The predicted molar refractivity (Wildman–Crippen MR) is 66.1 cm³/mol. The third kappa shape index (κ3) is 1.73. The minimum absolute atomic E-state index is 0.316. The molecule has 18 heavy (non-hydrogen) atoms. The highest BCUT2D eigenvalue weighted by atomic mass is 16.6. The first-order valence-corrected chi connectivity index (χ1v) is 5.72. The standard InChI is InChI=1S/C13H12N2O3/c14-9-3-4-10(8-2-1-6-15-12(8)9)18-11-5-7-17-13(11)16/h1-4,6,11H,5,7,14H2. The fourth-order valence-electron chi connectivity index (χ4n) is 2.01. The van der Waals surface area contributed by atoms with Crippen LogP contribution in [-0.4, -0.2) is 23.7 Å². The van der Waals surface area contributed by atoms with Gasteiger partial charge in [-0.3, -0.25) is 4.98 Å². The van der Waals surface area contributed by atoms with Crippen LogP contribution >= 0.6 is 0 Å². The Bertz CT molecular complexity index is 612. The summed E-state index contributed by atoms with van der Waals surface area (Å²) in [5.74, 6) is 0.292. The zero-order chi connectivity index (χ0) is 12.5. The summed E-state index contributed by atoms with van der Waals surface area (Å²) in [6, 6.07) is 7.16. The number of esters is 1. The zero-order valence-corrected chi connectivity index (χ0v) is 9.63. The number of fused-ring (bicyclic) bond motifs is 1. The first-order valence-electron chi connectivity index (χ1n) is 5.72. The molecular formula is C13H12N2O3. The van der Waals surface area contributed by atoms with E-state index in [1.165, 1.54) is 0 Å². The summed E-state index contributed by atoms with van der Waals surface area (Å²) in [5.41, 5.74) is 7.12. The molecule has 92 valence electrons. The quantitative estimate of drug-likeness (QED) is 0.640. The summed E-state index contributed by atoms with van der Waals surface area (Å²) < 4.78 is 10.6. The lowest BCUT2D eigenvalue weighted by Gasteiger charge is -2.12. The van der Waals surface area contributed by atoms with Crippen molar-refractivity contribution in [1.82, 2.24) is 4.98 Å². The van der Waals surface area contributed by atoms with Gasteiger partial charge in [-0.2, -0.15) is 0 Å². The van der Waals surface area contributed by atoms with Crippen LogP contribution in [0.25, 0.3) is 10.9 Å². The number of ether oxygens (including phenoxy) is 2. The predicted octanol–water partition coefficient (Wildman–Crippen LogP) is 1.51. The minimum Gasteiger partial charge on any atom is -0.478 e. The van der Waals surface area contributed by atoms with E-state index in [1.54, 1.807) is 18.3 Å². The van der Waals surface area contributed by atoms with Crippen LogP contribution in [0.4, 0.5) is 5.69 Å². The second kappa shape index (κ2) is 4.18. The first-order chi connectivity index (χ1) is 8.75. The molecule has 0 aliphatic carbocycles. The number of carbonyl (C=O) groups is 1. The monoisotopic (exact) mass is 244 g/mol. The van der Waals surface area contributed by atoms with Gasteiger partial charge in [0.1, 0.15) is 5.75 Å². The van der Waals surface area contributed by atoms with Gasteiger partial charge in [-0.25, -0.2) is 4.79 Å². The largest absolute Gasteiger partial charge is 0.478 e. The lowest BCUT2D eigenvalue weighted by Crippen LogP contribution is -2.21. The van der Waals surface area contributed by atoms with Gasteiger partial charge in [0.15, 0.2) is 6.10 Å². The zero-order valence-electron chi connectivity index (χ0n) is 9.63. The van der Waals surface area contributed by atoms with Crippen LogP contribution in [0.1, 0.15) is 6.42 Å². The van der Waals surface area contributed by atoms with E-state index in [2.05, 4.69) is 4.98 Å². The summed E-state index contributed by atoms with van der Waals surface area (Å²) in [6.45, 7) is 0.411. The minimum atomic E-state index is -0.531. The molecule has 5 nitrogen and oxygen atoms in total. The summed E-state index contributed by atoms with van der Waals surface area (Å²) in [4.78, 5) is 15.6. The molecule has 0 amide bonds. The van der Waals surface area contributed by atoms with E-state index in [-0.39, 0.29) is 5.97 Å². The molecule has 1 aromatic heterocycles. The molecule has 0 spiro atoms. The summed E-state index contributed by atoms with van der Waals surface area (Å²) in [7, 11) is 0. The van der Waals surface area contributed by atoms with Crippen LogP contribution in [0.2, 0.25) is 0 Å². The number of pyridine rings is 1. The van der Waals surface area contributed by atoms with Gasteiger partial charge in [0.2, 0.25) is 0 Å². The molecule has 1 fully saturated rings. The normalized spacial score (nSPS) is 18.9. The molecule has 0 bridgehead atoms. The number of carbonyl (C=O) groups excluding carboxylic acids is 1. The third-order valence-electron chi connectivity index (χ3n) is 2.92. The van der Waals surface area contributed by atoms with Crippen LogP contribution in [0, 0.1) is 0 Å². The molecule has 1 saturated heterocycles. The summed E-state index contributed by atoms with van der Waals surface area (Å²) >= 11 is 0. The Morgan fingerprint density at radius 2 is 2.28 bits per heavy atom. The van der Waals surface area contributed by atoms with Crippen LogP contribution < -0.4 is 10.5 Å². The Kier molecular flexibility index (Phi) is 2.51. The van der Waals surface area contributed by atoms with Gasteiger partial charge < -0.3 is 15.2 Å². The van der Waals surface area contributed by atoms with Crippen molar-refractivity contribution < 1.29 is 14.3 Å². The molecule has 2 N–H and O–H groups in total. The van der Waals surface area contributed by atoms with Gasteiger partial charge in [0, 0.05) is 18.0 Å². The number of nitrogen functional groups attached to an aromatic ring is 1. The molecule has 0 saturated carbocycles. The molecule has 1 aliphatic rings. The highest BCUT2D eigenvalue weighted by Gasteiger charge is 2.28. The highest BCUT2D eigenvalue weighted by molar-refractivity contribution is 5.94. The molecule has 1 aliphatic heterocycles. The summed E-state index contributed by atoms with van der Waals surface area (Å²) in [6.07, 6.45) is 1.72. The van der Waals surface area contributed by atoms with Gasteiger partial charge in [-0.05, 0) is 24.3 Å². The van der Waals surface area contributed by atoms with E-state index < -0.39 is 6.10 Å². The Morgan fingerprint density at radius 1 is 1.39 bits per heavy atom. The number of nitrogens with zero attached hydrogens (tertiary/aromatic N) is 1. The molecule has 5 heteroatoms. The van der Waals surface area contributed by atoms with Gasteiger partial charge in [-0.15, -0.1) is 0 Å². The van der Waals surface area contributed by atoms with Crippen molar-refractivity contribution in [3.8, 4) is 5.75 Å². The fourth-order valence-corrected chi connectivity index (χ4v) is 2.01. The Labute approximate surface area is 104 Å². The molecule has 1 atom stereocenters. The topological polar surface area (TPSA) is 74.4 Å². The first kappa shape index (κ1) is 10.8. The van der Waals surface area contributed by atoms with Crippen molar-refractivity contribution in [3.05, 3.63) is 30.5 Å². The Morgan fingerprint density at radius 3 is 3.06 bits per heavy atom. The number of cyclic esters (lactones) is 1. The number of hydrogen-bond donors (Lipinski definition) is 1. The van der Waals surface area contributed by atoms with E-state index in [9.17, 15) is 4.79 Å². The number of benzene rings is 1. The number of nitrogens with two attached hydrogens (primary N) is 1. The number of anilines is 1. The third-order valence-corrected chi connectivity index (χ3v) is 2.92. The fraction of sp³-hybridized carbons (Fsp3) is 0.231. The van der Waals surface area contributed by atoms with Crippen LogP contribution in [-0.2, 0) is 9.53 Å². The van der Waals surface area contributed by atoms with Gasteiger partial charge in [-0.1, -0.05) is 0 Å². The molecule has 1 aromatic carbocycles. The summed E-state index contributed by atoms with van der Waals surface area (Å²) in [5, 5.41) is 0.803. The number of aromatic nitrogens is 1. The van der Waals surface area contributed by atoms with Crippen molar-refractivity contribution in [2.24, 2.45) is 0 Å². The Balaban J connectivity index is 2.02. The smallest absolute Gasteiger partial charge is 0.347 e. The number of hydrogen-bond acceptors (Lipinski definition) is 5. The average molecular weight is 244 g/mol. The molecule has 0 radical (unpaired) electrons. The van der Waals surface area contributed by atoms with Gasteiger partial charge in [0.05, 0.1) is 17.8 Å². The Hall–Kier alpha value is -2.30. The SMILES string of the molecule is Nc1ccc(OC2CCOC2=O)c2cccnc12. The van der Waals surface area contributed by atoms with E-state index in [0.29, 0.717) is 30.0 Å². The second-order valence-corrected chi connectivity index (χ2v) is 4.12. The molecule has 3 rings (SSSR count). The van der Waals surface area contributed by atoms with Crippen LogP contribution in [0.3, 0.4) is 0 Å². The van der Waals surface area contributed by atoms with Crippen molar-refractivity contribution in [2.75, 3.05) is 12.3 Å². The van der Waals surface area contributed by atoms with Crippen LogP contribution in [0.15, 0.2) is 30.5 Å². The van der Waals surface area contributed by atoms with E-state index in [4.69, 9.17) is 15.2 Å². The number of rotatable bonds is 2. The van der Waals surface area contributed by atoms with Crippen molar-refractivity contribution in [3.63, 3.8) is 0 Å². The highest BCUT2D eigenvalue weighted by Crippen LogP contribution is 2.30. The van der Waals surface area contributed by atoms with E-state index in [0.717, 1.165) is 5.39 Å². The maximum Gasteiger partial charge on any atom is 0.347 e. The van der Waals surface area contributed by atoms with E-state index >= 15 is 0 Å². The van der Waals surface area contributed by atoms with Crippen molar-refractivity contribution >= 4 is 22.6 Å². The maximum absolute atomic E-state index is 11.4. The maximum atomic E-state index is 11.4. The van der Waals surface area contributed by atoms with Gasteiger partial charge in [0.25, 0.3) is 0 Å². The molecular weight excluding hydrogens is 232 g/mol. The van der Waals surface area contributed by atoms with Gasteiger partial charge >= 0.3 is 5.97 Å². The molecule has 2 aromatic rings.